The number of amides is 1. The van der Waals surface area contributed by atoms with Crippen LogP contribution < -0.4 is 10.6 Å². The van der Waals surface area contributed by atoms with Gasteiger partial charge in [0, 0.05) is 12.1 Å². The average molecular weight is 293 g/mol. The first-order chi connectivity index (χ1) is 10.1. The SMILES string of the molecule is CCNCCCN(C)CCCNC(=O)c1cccc(O)c1. The van der Waals surface area contributed by atoms with Gasteiger partial charge in [-0.05, 0) is 64.3 Å². The van der Waals surface area contributed by atoms with Crippen molar-refractivity contribution in [1.29, 1.82) is 0 Å². The maximum Gasteiger partial charge on any atom is 0.251 e. The molecule has 1 aromatic rings. The van der Waals surface area contributed by atoms with Crippen LogP contribution in [-0.4, -0.2) is 55.7 Å². The molecule has 0 aromatic heterocycles. The van der Waals surface area contributed by atoms with Crippen LogP contribution in [0.2, 0.25) is 0 Å². The molecular weight excluding hydrogens is 266 g/mol. The summed E-state index contributed by atoms with van der Waals surface area (Å²) in [6, 6.07) is 6.39. The first-order valence-corrected chi connectivity index (χ1v) is 7.60. The summed E-state index contributed by atoms with van der Waals surface area (Å²) in [7, 11) is 2.10. The second-order valence-electron chi connectivity index (χ2n) is 5.17. The normalized spacial score (nSPS) is 10.8. The maximum atomic E-state index is 11.8. The lowest BCUT2D eigenvalue weighted by molar-refractivity contribution is 0.0951. The second kappa shape index (κ2) is 10.2. The molecule has 5 nitrogen and oxygen atoms in total. The lowest BCUT2D eigenvalue weighted by Crippen LogP contribution is -2.29. The molecule has 1 aromatic carbocycles. The van der Waals surface area contributed by atoms with Crippen molar-refractivity contribution in [1.82, 2.24) is 15.5 Å². The van der Waals surface area contributed by atoms with Crippen LogP contribution in [0.15, 0.2) is 24.3 Å². The molecule has 3 N–H and O–H groups in total. The van der Waals surface area contributed by atoms with Gasteiger partial charge in [-0.1, -0.05) is 13.0 Å². The highest BCUT2D eigenvalue weighted by Crippen LogP contribution is 2.10. The van der Waals surface area contributed by atoms with Gasteiger partial charge < -0.3 is 20.6 Å². The molecule has 5 heteroatoms. The fourth-order valence-electron chi connectivity index (χ4n) is 2.06. The van der Waals surface area contributed by atoms with Gasteiger partial charge in [-0.25, -0.2) is 0 Å². The number of carbonyl (C=O) groups excluding carboxylic acids is 1. The van der Waals surface area contributed by atoms with Crippen LogP contribution in [0.4, 0.5) is 0 Å². The van der Waals surface area contributed by atoms with E-state index in [4.69, 9.17) is 0 Å². The highest BCUT2D eigenvalue weighted by molar-refractivity contribution is 5.94. The number of phenols is 1. The van der Waals surface area contributed by atoms with Crippen molar-refractivity contribution in [3.05, 3.63) is 29.8 Å². The minimum atomic E-state index is -0.138. The fraction of sp³-hybridized carbons (Fsp3) is 0.562. The van der Waals surface area contributed by atoms with Crippen LogP contribution in [-0.2, 0) is 0 Å². The average Bonchev–Trinajstić information content (AvgIpc) is 2.48. The van der Waals surface area contributed by atoms with Gasteiger partial charge in [0.15, 0.2) is 0 Å². The number of rotatable bonds is 10. The van der Waals surface area contributed by atoms with Gasteiger partial charge in [-0.15, -0.1) is 0 Å². The molecule has 0 saturated heterocycles. The number of aromatic hydroxyl groups is 1. The summed E-state index contributed by atoms with van der Waals surface area (Å²) in [5, 5.41) is 15.5. The summed E-state index contributed by atoms with van der Waals surface area (Å²) in [5.74, 6) is -0.0243. The largest absolute Gasteiger partial charge is 0.508 e. The summed E-state index contributed by atoms with van der Waals surface area (Å²) in [4.78, 5) is 14.1. The van der Waals surface area contributed by atoms with Crippen molar-refractivity contribution in [3.63, 3.8) is 0 Å². The van der Waals surface area contributed by atoms with Gasteiger partial charge in [-0.3, -0.25) is 4.79 Å². The Hall–Kier alpha value is -1.59. The molecule has 0 aliphatic rings. The van der Waals surface area contributed by atoms with Gasteiger partial charge in [0.05, 0.1) is 0 Å². The first kappa shape index (κ1) is 17.5. The Bertz CT molecular complexity index is 424. The van der Waals surface area contributed by atoms with Crippen LogP contribution in [0.1, 0.15) is 30.1 Å². The van der Waals surface area contributed by atoms with Crippen LogP contribution >= 0.6 is 0 Å². The van der Waals surface area contributed by atoms with E-state index in [2.05, 4.69) is 29.5 Å². The van der Waals surface area contributed by atoms with E-state index in [1.54, 1.807) is 18.2 Å². The van der Waals surface area contributed by atoms with E-state index >= 15 is 0 Å². The fourth-order valence-corrected chi connectivity index (χ4v) is 2.06. The van der Waals surface area contributed by atoms with E-state index in [0.29, 0.717) is 12.1 Å². The van der Waals surface area contributed by atoms with Crippen molar-refractivity contribution in [3.8, 4) is 5.75 Å². The molecule has 1 rings (SSSR count). The molecule has 0 aliphatic carbocycles. The Morgan fingerprint density at radius 3 is 2.62 bits per heavy atom. The zero-order chi connectivity index (χ0) is 15.5. The van der Waals surface area contributed by atoms with Crippen LogP contribution in [0.5, 0.6) is 5.75 Å². The number of hydrogen-bond acceptors (Lipinski definition) is 4. The van der Waals surface area contributed by atoms with Crippen molar-refractivity contribution >= 4 is 5.91 Å². The topological polar surface area (TPSA) is 64.6 Å². The van der Waals surface area contributed by atoms with Gasteiger partial charge in [0.2, 0.25) is 0 Å². The van der Waals surface area contributed by atoms with Gasteiger partial charge in [0.25, 0.3) is 5.91 Å². The van der Waals surface area contributed by atoms with E-state index in [1.807, 2.05) is 0 Å². The number of carbonyl (C=O) groups is 1. The standard InChI is InChI=1S/C16H27N3O2/c1-3-17-9-5-11-19(2)12-6-10-18-16(21)14-7-4-8-15(20)13-14/h4,7-8,13,17,20H,3,5-6,9-12H2,1-2H3,(H,18,21). The number of nitrogens with one attached hydrogen (secondary N) is 2. The van der Waals surface area contributed by atoms with Gasteiger partial charge >= 0.3 is 0 Å². The lowest BCUT2D eigenvalue weighted by atomic mass is 10.2. The Kier molecular flexibility index (Phi) is 8.47. The molecule has 0 atom stereocenters. The van der Waals surface area contributed by atoms with Crippen molar-refractivity contribution < 1.29 is 9.90 Å². The molecular formula is C16H27N3O2. The molecule has 0 spiro atoms. The summed E-state index contributed by atoms with van der Waals surface area (Å²) in [5.41, 5.74) is 0.494. The molecule has 0 fully saturated rings. The summed E-state index contributed by atoms with van der Waals surface area (Å²) in [6.07, 6.45) is 2.06. The first-order valence-electron chi connectivity index (χ1n) is 7.60. The van der Waals surface area contributed by atoms with Crippen molar-refractivity contribution in [2.45, 2.75) is 19.8 Å². The molecule has 0 radical (unpaired) electrons. The zero-order valence-electron chi connectivity index (χ0n) is 13.1. The van der Waals surface area contributed by atoms with Gasteiger partial charge in [0.1, 0.15) is 5.75 Å². The van der Waals surface area contributed by atoms with E-state index in [9.17, 15) is 9.90 Å². The maximum absolute atomic E-state index is 11.8. The smallest absolute Gasteiger partial charge is 0.251 e. The van der Waals surface area contributed by atoms with Gasteiger partial charge in [-0.2, -0.15) is 0 Å². The Morgan fingerprint density at radius 1 is 1.24 bits per heavy atom. The Balaban J connectivity index is 2.12. The number of nitrogens with zero attached hydrogens (tertiary/aromatic N) is 1. The molecule has 0 heterocycles. The zero-order valence-corrected chi connectivity index (χ0v) is 13.1. The third kappa shape index (κ3) is 7.68. The number of benzene rings is 1. The molecule has 0 bridgehead atoms. The number of phenolic OH excluding ortho intramolecular Hbond substituents is 1. The summed E-state index contributed by atoms with van der Waals surface area (Å²) >= 11 is 0. The van der Waals surface area contributed by atoms with Crippen molar-refractivity contribution in [2.75, 3.05) is 39.8 Å². The Labute approximate surface area is 127 Å². The molecule has 0 aliphatic heterocycles. The molecule has 0 saturated carbocycles. The highest BCUT2D eigenvalue weighted by Gasteiger charge is 2.05. The number of hydrogen-bond donors (Lipinski definition) is 3. The molecule has 21 heavy (non-hydrogen) atoms. The van der Waals surface area contributed by atoms with Crippen molar-refractivity contribution in [2.24, 2.45) is 0 Å². The third-order valence-electron chi connectivity index (χ3n) is 3.25. The monoisotopic (exact) mass is 293 g/mol. The molecule has 118 valence electrons. The minimum Gasteiger partial charge on any atom is -0.508 e. The van der Waals surface area contributed by atoms with E-state index in [-0.39, 0.29) is 11.7 Å². The summed E-state index contributed by atoms with van der Waals surface area (Å²) in [6.45, 7) is 6.85. The van der Waals surface area contributed by atoms with E-state index < -0.39 is 0 Å². The van der Waals surface area contributed by atoms with Crippen LogP contribution in [0, 0.1) is 0 Å². The van der Waals surface area contributed by atoms with E-state index in [0.717, 1.165) is 39.0 Å². The minimum absolute atomic E-state index is 0.114. The lowest BCUT2D eigenvalue weighted by Gasteiger charge is -2.16. The van der Waals surface area contributed by atoms with Crippen LogP contribution in [0.3, 0.4) is 0 Å². The predicted octanol–water partition coefficient (Wildman–Crippen LogP) is 1.44. The van der Waals surface area contributed by atoms with Crippen LogP contribution in [0.25, 0.3) is 0 Å². The highest BCUT2D eigenvalue weighted by atomic mass is 16.3. The molecule has 1 amide bonds. The second-order valence-corrected chi connectivity index (χ2v) is 5.17. The molecule has 0 unspecified atom stereocenters. The Morgan fingerprint density at radius 2 is 1.95 bits per heavy atom. The summed E-state index contributed by atoms with van der Waals surface area (Å²) < 4.78 is 0. The third-order valence-corrected chi connectivity index (χ3v) is 3.25. The van der Waals surface area contributed by atoms with E-state index in [1.165, 1.54) is 6.07 Å². The predicted molar refractivity (Wildman–Crippen MR) is 85.7 cm³/mol. The quantitative estimate of drug-likeness (QED) is 0.571.